The summed E-state index contributed by atoms with van der Waals surface area (Å²) in [7, 11) is 0. The number of halogens is 3. The van der Waals surface area contributed by atoms with Crippen LogP contribution in [0, 0.1) is 20.8 Å². The minimum Gasteiger partial charge on any atom is -0.350 e. The van der Waals surface area contributed by atoms with Crippen molar-refractivity contribution >= 4 is 28.8 Å². The van der Waals surface area contributed by atoms with Crippen LogP contribution >= 0.6 is 0 Å². The fraction of sp³-hybridized carbons (Fsp3) is 0.154. The molecule has 0 aliphatic carbocycles. The zero-order valence-corrected chi connectivity index (χ0v) is 18.2. The van der Waals surface area contributed by atoms with Gasteiger partial charge in [-0.3, -0.25) is 9.59 Å². The van der Waals surface area contributed by atoms with Crippen molar-refractivity contribution in [2.24, 2.45) is 0 Å². The van der Waals surface area contributed by atoms with Crippen LogP contribution in [-0.4, -0.2) is 11.8 Å². The Morgan fingerprint density at radius 1 is 0.788 bits per heavy atom. The van der Waals surface area contributed by atoms with Crippen molar-refractivity contribution in [2.45, 2.75) is 26.9 Å². The molecule has 0 atom stereocenters. The predicted octanol–water partition coefficient (Wildman–Crippen LogP) is 6.03. The summed E-state index contributed by atoms with van der Waals surface area (Å²) in [6.45, 7) is 5.53. The first-order valence-corrected chi connectivity index (χ1v) is 10.3. The van der Waals surface area contributed by atoms with Gasteiger partial charge in [-0.05, 0) is 61.7 Å². The number of imide groups is 1. The molecule has 1 aliphatic rings. The van der Waals surface area contributed by atoms with E-state index < -0.39 is 23.6 Å². The summed E-state index contributed by atoms with van der Waals surface area (Å²) in [5.74, 6) is -1.16. The van der Waals surface area contributed by atoms with Gasteiger partial charge in [-0.1, -0.05) is 48.0 Å². The highest BCUT2D eigenvalue weighted by atomic mass is 19.4. The fourth-order valence-electron chi connectivity index (χ4n) is 3.73. The first-order valence-electron chi connectivity index (χ1n) is 10.3. The van der Waals surface area contributed by atoms with Crippen LogP contribution in [0.15, 0.2) is 72.4 Å². The van der Waals surface area contributed by atoms with E-state index in [1.54, 1.807) is 25.1 Å². The molecular weight excluding hydrogens is 429 g/mol. The van der Waals surface area contributed by atoms with E-state index in [0.717, 1.165) is 33.7 Å². The van der Waals surface area contributed by atoms with Crippen LogP contribution in [0.2, 0.25) is 0 Å². The quantitative estimate of drug-likeness (QED) is 0.494. The lowest BCUT2D eigenvalue weighted by Gasteiger charge is -2.18. The van der Waals surface area contributed by atoms with E-state index in [9.17, 15) is 22.8 Å². The minimum atomic E-state index is -4.54. The van der Waals surface area contributed by atoms with Crippen molar-refractivity contribution in [3.05, 3.63) is 100 Å². The summed E-state index contributed by atoms with van der Waals surface area (Å²) >= 11 is 0. The highest BCUT2D eigenvalue weighted by Gasteiger charge is 2.41. The van der Waals surface area contributed by atoms with Gasteiger partial charge in [0.25, 0.3) is 11.8 Å². The van der Waals surface area contributed by atoms with Crippen LogP contribution in [0.1, 0.15) is 27.8 Å². The Hall–Kier alpha value is -3.87. The molecule has 33 heavy (non-hydrogen) atoms. The van der Waals surface area contributed by atoms with Gasteiger partial charge in [-0.15, -0.1) is 0 Å². The largest absolute Gasteiger partial charge is 0.416 e. The molecule has 4 nitrogen and oxygen atoms in total. The lowest BCUT2D eigenvalue weighted by molar-refractivity contribution is -0.137. The number of alkyl halides is 3. The molecule has 0 saturated heterocycles. The first kappa shape index (κ1) is 22.3. The van der Waals surface area contributed by atoms with Gasteiger partial charge in [0.15, 0.2) is 0 Å². The second-order valence-corrected chi connectivity index (χ2v) is 8.06. The Morgan fingerprint density at radius 3 is 2.12 bits per heavy atom. The number of nitrogens with zero attached hydrogens (tertiary/aromatic N) is 1. The van der Waals surface area contributed by atoms with Gasteiger partial charge in [-0.2, -0.15) is 13.2 Å². The minimum absolute atomic E-state index is 0.0633. The maximum Gasteiger partial charge on any atom is 0.416 e. The SMILES string of the molecule is Cc1ccc(C2=C(Nc3cccc(C(F)(F)F)c3)C(=O)N(c3cc(C)ccc3C)C2=O)cc1. The van der Waals surface area contributed by atoms with Crippen molar-refractivity contribution in [2.75, 3.05) is 10.2 Å². The topological polar surface area (TPSA) is 49.4 Å². The van der Waals surface area contributed by atoms with Crippen molar-refractivity contribution in [1.82, 2.24) is 0 Å². The van der Waals surface area contributed by atoms with Gasteiger partial charge in [0.05, 0.1) is 16.8 Å². The average Bonchev–Trinajstić information content (AvgIpc) is 3.00. The first-order chi connectivity index (χ1) is 15.6. The lowest BCUT2D eigenvalue weighted by Crippen LogP contribution is -2.33. The third kappa shape index (κ3) is 4.26. The second-order valence-electron chi connectivity index (χ2n) is 8.06. The van der Waals surface area contributed by atoms with Crippen LogP contribution in [0.3, 0.4) is 0 Å². The van der Waals surface area contributed by atoms with Crippen molar-refractivity contribution < 1.29 is 22.8 Å². The molecule has 7 heteroatoms. The third-order valence-corrected chi connectivity index (χ3v) is 5.49. The van der Waals surface area contributed by atoms with E-state index in [0.29, 0.717) is 11.3 Å². The number of aryl methyl sites for hydroxylation is 3. The summed E-state index contributed by atoms with van der Waals surface area (Å²) in [5, 5.41) is 2.80. The number of rotatable bonds is 4. The predicted molar refractivity (Wildman–Crippen MR) is 122 cm³/mol. The molecule has 3 aromatic carbocycles. The highest BCUT2D eigenvalue weighted by Crippen LogP contribution is 2.36. The van der Waals surface area contributed by atoms with Gasteiger partial charge < -0.3 is 5.32 Å². The highest BCUT2D eigenvalue weighted by molar-refractivity contribution is 6.46. The Balaban J connectivity index is 1.84. The Bertz CT molecular complexity index is 1290. The molecule has 0 fully saturated rings. The number of anilines is 2. The van der Waals surface area contributed by atoms with Gasteiger partial charge in [0.1, 0.15) is 5.70 Å². The summed E-state index contributed by atoms with van der Waals surface area (Å²) in [6.07, 6.45) is -4.54. The normalized spacial score (nSPS) is 14.3. The van der Waals surface area contributed by atoms with Gasteiger partial charge >= 0.3 is 6.18 Å². The van der Waals surface area contributed by atoms with Crippen LogP contribution in [0.4, 0.5) is 24.5 Å². The Morgan fingerprint density at radius 2 is 1.45 bits per heavy atom. The van der Waals surface area contributed by atoms with Crippen LogP contribution in [0.25, 0.3) is 5.57 Å². The molecule has 168 valence electrons. The van der Waals surface area contributed by atoms with Gasteiger partial charge in [0.2, 0.25) is 0 Å². The van der Waals surface area contributed by atoms with E-state index in [2.05, 4.69) is 5.32 Å². The number of carbonyl (C=O) groups is 2. The monoisotopic (exact) mass is 450 g/mol. The van der Waals surface area contributed by atoms with Crippen molar-refractivity contribution in [1.29, 1.82) is 0 Å². The molecule has 0 bridgehead atoms. The van der Waals surface area contributed by atoms with Crippen LogP contribution < -0.4 is 10.2 Å². The number of benzene rings is 3. The summed E-state index contributed by atoms with van der Waals surface area (Å²) < 4.78 is 39.6. The Kier molecular flexibility index (Phi) is 5.57. The van der Waals surface area contributed by atoms with E-state index in [1.807, 2.05) is 38.1 Å². The van der Waals surface area contributed by atoms with Crippen molar-refractivity contribution in [3.8, 4) is 0 Å². The summed E-state index contributed by atoms with van der Waals surface area (Å²) in [5.41, 5.74) is 2.76. The van der Waals surface area contributed by atoms with Crippen LogP contribution in [0.5, 0.6) is 0 Å². The molecule has 0 saturated carbocycles. The molecule has 3 aromatic rings. The second kappa shape index (κ2) is 8.24. The number of hydrogen-bond donors (Lipinski definition) is 1. The van der Waals surface area contributed by atoms with E-state index in [4.69, 9.17) is 0 Å². The van der Waals surface area contributed by atoms with Crippen molar-refractivity contribution in [3.63, 3.8) is 0 Å². The maximum absolute atomic E-state index is 13.5. The molecule has 1 aliphatic heterocycles. The molecule has 1 heterocycles. The molecule has 0 aromatic heterocycles. The third-order valence-electron chi connectivity index (χ3n) is 5.49. The van der Waals surface area contributed by atoms with E-state index in [-0.39, 0.29) is 17.0 Å². The van der Waals surface area contributed by atoms with E-state index >= 15 is 0 Å². The van der Waals surface area contributed by atoms with Crippen LogP contribution in [-0.2, 0) is 15.8 Å². The Labute approximate surface area is 189 Å². The molecule has 1 N–H and O–H groups in total. The lowest BCUT2D eigenvalue weighted by atomic mass is 10.0. The van der Waals surface area contributed by atoms with E-state index in [1.165, 1.54) is 12.1 Å². The maximum atomic E-state index is 13.5. The number of amides is 2. The molecule has 2 amide bonds. The zero-order valence-electron chi connectivity index (χ0n) is 18.2. The van der Waals surface area contributed by atoms with Gasteiger partial charge in [-0.25, -0.2) is 4.90 Å². The summed E-state index contributed by atoms with van der Waals surface area (Å²) in [6, 6.07) is 17.0. The molecular formula is C26H21F3N2O2. The number of nitrogens with one attached hydrogen (secondary N) is 1. The molecule has 4 rings (SSSR count). The number of carbonyl (C=O) groups excluding carboxylic acids is 2. The zero-order chi connectivity index (χ0) is 23.9. The molecule has 0 spiro atoms. The molecule has 0 radical (unpaired) electrons. The summed E-state index contributed by atoms with van der Waals surface area (Å²) in [4.78, 5) is 28.1. The van der Waals surface area contributed by atoms with Gasteiger partial charge in [0, 0.05) is 5.69 Å². The fourth-order valence-corrected chi connectivity index (χ4v) is 3.73. The number of hydrogen-bond acceptors (Lipinski definition) is 3. The molecule has 0 unspecified atom stereocenters. The average molecular weight is 450 g/mol. The smallest absolute Gasteiger partial charge is 0.350 e. The standard InChI is InChI=1S/C26H21F3N2O2/c1-15-8-11-18(12-9-15)22-23(30-20-6-4-5-19(14-20)26(27,28)29)25(33)31(24(22)32)21-13-16(2)7-10-17(21)3/h4-14,30H,1-3H3.